The first-order valence-electron chi connectivity index (χ1n) is 4.86. The number of thiol groups is 1. The van der Waals surface area contributed by atoms with Crippen LogP contribution >= 0.6 is 28.6 Å². The van der Waals surface area contributed by atoms with E-state index in [1.54, 1.807) is 12.1 Å². The van der Waals surface area contributed by atoms with Crippen molar-refractivity contribution in [2.75, 3.05) is 0 Å². The maximum absolute atomic E-state index is 11.7. The number of ether oxygens (including phenoxy) is 1. The van der Waals surface area contributed by atoms with Crippen molar-refractivity contribution in [1.29, 1.82) is 0 Å². The number of esters is 1. The van der Waals surface area contributed by atoms with Crippen molar-refractivity contribution < 1.29 is 9.53 Å². The molecule has 0 atom stereocenters. The van der Waals surface area contributed by atoms with Gasteiger partial charge in [-0.2, -0.15) is 0 Å². The molecule has 0 bridgehead atoms. The first-order chi connectivity index (χ1) is 7.16. The summed E-state index contributed by atoms with van der Waals surface area (Å²) in [4.78, 5) is 12.3. The van der Waals surface area contributed by atoms with E-state index in [2.05, 4.69) is 28.6 Å². The van der Waals surface area contributed by atoms with Gasteiger partial charge in [-0.05, 0) is 37.5 Å². The van der Waals surface area contributed by atoms with Crippen LogP contribution in [0.1, 0.15) is 29.6 Å². The highest BCUT2D eigenvalue weighted by atomic mass is 79.9. The number of hydrogen-bond acceptors (Lipinski definition) is 3. The van der Waals surface area contributed by atoms with Crippen LogP contribution in [0.3, 0.4) is 0 Å². The standard InChI is InChI=1S/C11H11BrO2S/c12-7-4-5-9(10(15)6-7)11(13)14-8-2-1-3-8/h4-6,8,15H,1-3H2. The van der Waals surface area contributed by atoms with Gasteiger partial charge in [-0.25, -0.2) is 4.79 Å². The first-order valence-corrected chi connectivity index (χ1v) is 6.10. The van der Waals surface area contributed by atoms with Crippen LogP contribution in [0.4, 0.5) is 0 Å². The lowest BCUT2D eigenvalue weighted by molar-refractivity contribution is 0.00864. The predicted molar refractivity (Wildman–Crippen MR) is 64.4 cm³/mol. The Morgan fingerprint density at radius 1 is 1.47 bits per heavy atom. The maximum Gasteiger partial charge on any atom is 0.339 e. The van der Waals surface area contributed by atoms with Gasteiger partial charge in [0.1, 0.15) is 6.10 Å². The van der Waals surface area contributed by atoms with E-state index in [4.69, 9.17) is 4.74 Å². The van der Waals surface area contributed by atoms with Gasteiger partial charge in [-0.3, -0.25) is 0 Å². The molecule has 4 heteroatoms. The molecular weight excluding hydrogens is 276 g/mol. The maximum atomic E-state index is 11.7. The lowest BCUT2D eigenvalue weighted by atomic mass is 9.96. The Labute approximate surface area is 103 Å². The van der Waals surface area contributed by atoms with Crippen LogP contribution in [0.5, 0.6) is 0 Å². The molecule has 0 spiro atoms. The Balaban J connectivity index is 2.10. The third-order valence-electron chi connectivity index (χ3n) is 2.51. The van der Waals surface area contributed by atoms with Crippen LogP contribution in [0.25, 0.3) is 0 Å². The number of halogens is 1. The monoisotopic (exact) mass is 286 g/mol. The molecule has 0 unspecified atom stereocenters. The highest BCUT2D eigenvalue weighted by molar-refractivity contribution is 9.10. The van der Waals surface area contributed by atoms with Crippen LogP contribution in [0.2, 0.25) is 0 Å². The molecule has 2 rings (SSSR count). The van der Waals surface area contributed by atoms with E-state index < -0.39 is 0 Å². The van der Waals surface area contributed by atoms with E-state index in [0.717, 1.165) is 23.7 Å². The third kappa shape index (κ3) is 2.55. The van der Waals surface area contributed by atoms with Crippen molar-refractivity contribution in [2.24, 2.45) is 0 Å². The number of hydrogen-bond donors (Lipinski definition) is 1. The van der Waals surface area contributed by atoms with Gasteiger partial charge in [0.2, 0.25) is 0 Å². The lowest BCUT2D eigenvalue weighted by Gasteiger charge is -2.25. The summed E-state index contributed by atoms with van der Waals surface area (Å²) in [6, 6.07) is 5.34. The number of carbonyl (C=O) groups is 1. The van der Waals surface area contributed by atoms with E-state index in [1.165, 1.54) is 0 Å². The van der Waals surface area contributed by atoms with Gasteiger partial charge in [0.25, 0.3) is 0 Å². The Hall–Kier alpha value is -0.480. The fourth-order valence-corrected chi connectivity index (χ4v) is 2.22. The summed E-state index contributed by atoms with van der Waals surface area (Å²) in [5.41, 5.74) is 0.536. The van der Waals surface area contributed by atoms with Gasteiger partial charge >= 0.3 is 5.97 Å². The van der Waals surface area contributed by atoms with Crippen LogP contribution in [0.15, 0.2) is 27.6 Å². The minimum Gasteiger partial charge on any atom is -0.459 e. The van der Waals surface area contributed by atoms with Crippen LogP contribution in [0, 0.1) is 0 Å². The second-order valence-corrected chi connectivity index (χ2v) is 5.02. The lowest BCUT2D eigenvalue weighted by Crippen LogP contribution is -2.25. The van der Waals surface area contributed by atoms with Crippen LogP contribution < -0.4 is 0 Å². The van der Waals surface area contributed by atoms with Gasteiger partial charge in [-0.1, -0.05) is 15.9 Å². The summed E-state index contributed by atoms with van der Waals surface area (Å²) in [6.07, 6.45) is 3.26. The van der Waals surface area contributed by atoms with Gasteiger partial charge in [0, 0.05) is 9.37 Å². The molecule has 1 aliphatic rings. The van der Waals surface area contributed by atoms with Crippen molar-refractivity contribution in [3.8, 4) is 0 Å². The molecule has 0 aromatic heterocycles. The molecule has 0 N–H and O–H groups in total. The third-order valence-corrected chi connectivity index (χ3v) is 3.37. The Morgan fingerprint density at radius 3 is 2.73 bits per heavy atom. The fraction of sp³-hybridized carbons (Fsp3) is 0.364. The minimum atomic E-state index is -0.266. The molecule has 80 valence electrons. The first kappa shape index (κ1) is 11.0. The summed E-state index contributed by atoms with van der Waals surface area (Å²) in [5.74, 6) is -0.266. The summed E-state index contributed by atoms with van der Waals surface area (Å²) in [5, 5.41) is 0. The molecule has 0 aliphatic heterocycles. The van der Waals surface area contributed by atoms with E-state index >= 15 is 0 Å². The molecule has 1 aromatic carbocycles. The van der Waals surface area contributed by atoms with Gasteiger partial charge in [0.05, 0.1) is 5.56 Å². The highest BCUT2D eigenvalue weighted by Crippen LogP contribution is 2.25. The van der Waals surface area contributed by atoms with Gasteiger partial charge < -0.3 is 4.74 Å². The molecular formula is C11H11BrO2S. The smallest absolute Gasteiger partial charge is 0.339 e. The average Bonchev–Trinajstić information content (AvgIpc) is 2.11. The summed E-state index contributed by atoms with van der Waals surface area (Å²) >= 11 is 7.57. The number of rotatable bonds is 2. The molecule has 15 heavy (non-hydrogen) atoms. The SMILES string of the molecule is O=C(OC1CCC1)c1ccc(Br)cc1S. The van der Waals surface area contributed by atoms with Gasteiger partial charge in [-0.15, -0.1) is 12.6 Å². The number of benzene rings is 1. The van der Waals surface area contributed by atoms with E-state index in [9.17, 15) is 4.79 Å². The van der Waals surface area contributed by atoms with E-state index in [-0.39, 0.29) is 12.1 Å². The molecule has 1 fully saturated rings. The zero-order valence-corrected chi connectivity index (χ0v) is 10.6. The summed E-state index contributed by atoms with van der Waals surface area (Å²) < 4.78 is 6.20. The fourth-order valence-electron chi connectivity index (χ4n) is 1.38. The highest BCUT2D eigenvalue weighted by Gasteiger charge is 2.23. The quantitative estimate of drug-likeness (QED) is 0.666. The molecule has 2 nitrogen and oxygen atoms in total. The zero-order chi connectivity index (χ0) is 10.8. The average molecular weight is 287 g/mol. The van der Waals surface area contributed by atoms with Crippen LogP contribution in [-0.2, 0) is 4.74 Å². The normalized spacial score (nSPS) is 15.9. The molecule has 1 aliphatic carbocycles. The van der Waals surface area contributed by atoms with Crippen molar-refractivity contribution in [1.82, 2.24) is 0 Å². The van der Waals surface area contributed by atoms with E-state index in [0.29, 0.717) is 10.5 Å². The van der Waals surface area contributed by atoms with Crippen molar-refractivity contribution in [2.45, 2.75) is 30.3 Å². The van der Waals surface area contributed by atoms with Crippen molar-refractivity contribution >= 4 is 34.5 Å². The minimum absolute atomic E-state index is 0.119. The van der Waals surface area contributed by atoms with E-state index in [1.807, 2.05) is 6.07 Å². The zero-order valence-electron chi connectivity index (χ0n) is 8.07. The van der Waals surface area contributed by atoms with Crippen molar-refractivity contribution in [3.05, 3.63) is 28.2 Å². The van der Waals surface area contributed by atoms with Gasteiger partial charge in [0.15, 0.2) is 0 Å². The van der Waals surface area contributed by atoms with Crippen molar-refractivity contribution in [3.63, 3.8) is 0 Å². The summed E-state index contributed by atoms with van der Waals surface area (Å²) in [6.45, 7) is 0. The second-order valence-electron chi connectivity index (χ2n) is 3.62. The van der Waals surface area contributed by atoms with Crippen LogP contribution in [-0.4, -0.2) is 12.1 Å². The number of carbonyl (C=O) groups excluding carboxylic acids is 1. The molecule has 0 heterocycles. The molecule has 1 aromatic rings. The second kappa shape index (κ2) is 4.58. The molecule has 0 radical (unpaired) electrons. The Morgan fingerprint density at radius 2 is 2.20 bits per heavy atom. The largest absolute Gasteiger partial charge is 0.459 e. The molecule has 1 saturated carbocycles. The molecule has 0 amide bonds. The Kier molecular flexibility index (Phi) is 3.36. The Bertz CT molecular complexity index is 388. The summed E-state index contributed by atoms with van der Waals surface area (Å²) in [7, 11) is 0. The molecule has 0 saturated heterocycles. The topological polar surface area (TPSA) is 26.3 Å². The predicted octanol–water partition coefficient (Wildman–Crippen LogP) is 3.45.